The van der Waals surface area contributed by atoms with Gasteiger partial charge in [-0.3, -0.25) is 4.79 Å². The van der Waals surface area contributed by atoms with Gasteiger partial charge in [0.2, 0.25) is 0 Å². The zero-order valence-corrected chi connectivity index (χ0v) is 14.1. The summed E-state index contributed by atoms with van der Waals surface area (Å²) in [5, 5.41) is 3.12. The first-order valence-corrected chi connectivity index (χ1v) is 8.57. The Labute approximate surface area is 137 Å². The average molecular weight is 329 g/mol. The second-order valence-electron chi connectivity index (χ2n) is 5.42. The molecule has 0 radical (unpaired) electrons. The molecular weight excluding hydrogens is 304 g/mol. The highest BCUT2D eigenvalue weighted by Crippen LogP contribution is 2.18. The van der Waals surface area contributed by atoms with Gasteiger partial charge in [0, 0.05) is 23.4 Å². The van der Waals surface area contributed by atoms with Crippen molar-refractivity contribution in [1.82, 2.24) is 5.32 Å². The largest absolute Gasteiger partial charge is 0.349 e. The van der Waals surface area contributed by atoms with Crippen LogP contribution in [0.5, 0.6) is 0 Å². The van der Waals surface area contributed by atoms with Gasteiger partial charge in [-0.15, -0.1) is 12.4 Å². The van der Waals surface area contributed by atoms with E-state index in [1.807, 2.05) is 36.0 Å². The number of carbonyl (C=O) groups is 1. The van der Waals surface area contributed by atoms with Crippen molar-refractivity contribution >= 4 is 30.1 Å². The van der Waals surface area contributed by atoms with Crippen LogP contribution in [0, 0.1) is 0 Å². The van der Waals surface area contributed by atoms with Gasteiger partial charge in [0.15, 0.2) is 0 Å². The summed E-state index contributed by atoms with van der Waals surface area (Å²) in [4.78, 5) is 12.2. The number of hydrogen-bond donors (Lipinski definition) is 2. The Balaban J connectivity index is 0.00000220. The summed E-state index contributed by atoms with van der Waals surface area (Å²) >= 11 is 1.89. The molecule has 1 saturated carbocycles. The Bertz CT molecular complexity index is 430. The van der Waals surface area contributed by atoms with Crippen LogP contribution in [0.3, 0.4) is 0 Å². The van der Waals surface area contributed by atoms with Crippen molar-refractivity contribution in [2.24, 2.45) is 5.73 Å². The van der Waals surface area contributed by atoms with Crippen LogP contribution in [0.4, 0.5) is 0 Å². The lowest BCUT2D eigenvalue weighted by Gasteiger charge is -2.26. The highest BCUT2D eigenvalue weighted by Gasteiger charge is 2.20. The van der Waals surface area contributed by atoms with Gasteiger partial charge in [0.1, 0.15) is 0 Å². The number of hydrogen-bond acceptors (Lipinski definition) is 3. The summed E-state index contributed by atoms with van der Waals surface area (Å²) in [5.41, 5.74) is 7.91. The van der Waals surface area contributed by atoms with E-state index in [4.69, 9.17) is 5.73 Å². The molecule has 118 valence electrons. The summed E-state index contributed by atoms with van der Waals surface area (Å²) in [5.74, 6) is 2.17. The van der Waals surface area contributed by atoms with Crippen molar-refractivity contribution in [2.45, 2.75) is 50.4 Å². The number of carbonyl (C=O) groups excluding carboxylic acids is 1. The molecule has 5 heteroatoms. The molecular formula is C16H25ClN2OS. The first-order valence-electron chi connectivity index (χ1n) is 7.42. The van der Waals surface area contributed by atoms with Crippen LogP contribution in [0.15, 0.2) is 24.3 Å². The SMILES string of the molecule is CCSCc1ccc(C(=O)NC2CCC(N)CC2)cc1.Cl. The van der Waals surface area contributed by atoms with Gasteiger partial charge in [0.05, 0.1) is 0 Å². The third-order valence-electron chi connectivity index (χ3n) is 3.80. The monoisotopic (exact) mass is 328 g/mol. The Hall–Kier alpha value is -0.710. The highest BCUT2D eigenvalue weighted by molar-refractivity contribution is 7.98. The Morgan fingerprint density at radius 1 is 1.24 bits per heavy atom. The number of nitrogens with one attached hydrogen (secondary N) is 1. The average Bonchev–Trinajstić information content (AvgIpc) is 2.48. The van der Waals surface area contributed by atoms with E-state index >= 15 is 0 Å². The van der Waals surface area contributed by atoms with Crippen molar-refractivity contribution in [3.05, 3.63) is 35.4 Å². The second-order valence-corrected chi connectivity index (χ2v) is 6.69. The van der Waals surface area contributed by atoms with Crippen molar-refractivity contribution in [3.63, 3.8) is 0 Å². The summed E-state index contributed by atoms with van der Waals surface area (Å²) in [7, 11) is 0. The van der Waals surface area contributed by atoms with Crippen LogP contribution in [0.2, 0.25) is 0 Å². The number of thioether (sulfide) groups is 1. The lowest BCUT2D eigenvalue weighted by molar-refractivity contribution is 0.0926. The fourth-order valence-electron chi connectivity index (χ4n) is 2.50. The normalized spacial score (nSPS) is 21.4. The molecule has 1 amide bonds. The molecule has 0 aliphatic heterocycles. The van der Waals surface area contributed by atoms with Crippen molar-refractivity contribution in [1.29, 1.82) is 0 Å². The third kappa shape index (κ3) is 5.89. The van der Waals surface area contributed by atoms with Gasteiger partial charge >= 0.3 is 0 Å². The quantitative estimate of drug-likeness (QED) is 0.871. The van der Waals surface area contributed by atoms with Gasteiger partial charge in [-0.05, 0) is 49.1 Å². The molecule has 1 aromatic rings. The number of rotatable bonds is 5. The van der Waals surface area contributed by atoms with Crippen molar-refractivity contribution in [2.75, 3.05) is 5.75 Å². The molecule has 0 heterocycles. The number of benzene rings is 1. The first kappa shape index (κ1) is 18.3. The maximum atomic E-state index is 12.2. The maximum absolute atomic E-state index is 12.2. The van der Waals surface area contributed by atoms with E-state index in [1.54, 1.807) is 0 Å². The maximum Gasteiger partial charge on any atom is 0.251 e. The molecule has 1 aliphatic carbocycles. The lowest BCUT2D eigenvalue weighted by Crippen LogP contribution is -2.40. The van der Waals surface area contributed by atoms with Gasteiger partial charge in [-0.25, -0.2) is 0 Å². The topological polar surface area (TPSA) is 55.1 Å². The van der Waals surface area contributed by atoms with Crippen LogP contribution in [-0.4, -0.2) is 23.7 Å². The molecule has 0 atom stereocenters. The van der Waals surface area contributed by atoms with Crippen LogP contribution in [-0.2, 0) is 5.75 Å². The summed E-state index contributed by atoms with van der Waals surface area (Å²) in [6.45, 7) is 2.16. The molecule has 1 aliphatic rings. The molecule has 3 N–H and O–H groups in total. The molecule has 3 nitrogen and oxygen atoms in total. The lowest BCUT2D eigenvalue weighted by atomic mass is 9.91. The van der Waals surface area contributed by atoms with E-state index in [-0.39, 0.29) is 24.4 Å². The number of halogens is 1. The highest BCUT2D eigenvalue weighted by atomic mass is 35.5. The van der Waals surface area contributed by atoms with E-state index < -0.39 is 0 Å². The fourth-order valence-corrected chi connectivity index (χ4v) is 3.14. The molecule has 0 bridgehead atoms. The molecule has 0 unspecified atom stereocenters. The first-order chi connectivity index (χ1) is 9.69. The van der Waals surface area contributed by atoms with E-state index in [2.05, 4.69) is 12.2 Å². The van der Waals surface area contributed by atoms with Crippen LogP contribution in [0.1, 0.15) is 48.5 Å². The van der Waals surface area contributed by atoms with E-state index in [1.165, 1.54) is 5.56 Å². The molecule has 1 aromatic carbocycles. The molecule has 0 saturated heterocycles. The summed E-state index contributed by atoms with van der Waals surface area (Å²) in [6, 6.07) is 8.56. The van der Waals surface area contributed by atoms with Gasteiger partial charge < -0.3 is 11.1 Å². The molecule has 0 aromatic heterocycles. The molecule has 0 spiro atoms. The van der Waals surface area contributed by atoms with E-state index in [0.717, 1.165) is 42.8 Å². The van der Waals surface area contributed by atoms with Gasteiger partial charge in [-0.1, -0.05) is 19.1 Å². The summed E-state index contributed by atoms with van der Waals surface area (Å²) < 4.78 is 0. The Morgan fingerprint density at radius 2 is 1.86 bits per heavy atom. The predicted octanol–water partition coefficient (Wildman–Crippen LogP) is 3.36. The molecule has 21 heavy (non-hydrogen) atoms. The third-order valence-corrected chi connectivity index (χ3v) is 4.74. The zero-order valence-electron chi connectivity index (χ0n) is 12.5. The van der Waals surface area contributed by atoms with Crippen molar-refractivity contribution < 1.29 is 4.79 Å². The van der Waals surface area contributed by atoms with Gasteiger partial charge in [-0.2, -0.15) is 11.8 Å². The van der Waals surface area contributed by atoms with Gasteiger partial charge in [0.25, 0.3) is 5.91 Å². The molecule has 1 fully saturated rings. The van der Waals surface area contributed by atoms with Crippen molar-refractivity contribution in [3.8, 4) is 0 Å². The van der Waals surface area contributed by atoms with Crippen LogP contribution >= 0.6 is 24.2 Å². The number of amides is 1. The standard InChI is InChI=1S/C16H24N2OS.ClH/c1-2-20-11-12-3-5-13(6-4-12)16(19)18-15-9-7-14(17)8-10-15;/h3-6,14-15H,2,7-11,17H2,1H3,(H,18,19);1H. The van der Waals surface area contributed by atoms with Crippen LogP contribution in [0.25, 0.3) is 0 Å². The zero-order chi connectivity index (χ0) is 14.4. The van der Waals surface area contributed by atoms with Crippen LogP contribution < -0.4 is 11.1 Å². The minimum absolute atomic E-state index is 0. The smallest absolute Gasteiger partial charge is 0.251 e. The van der Waals surface area contributed by atoms with E-state index in [0.29, 0.717) is 6.04 Å². The number of nitrogens with two attached hydrogens (primary N) is 1. The fraction of sp³-hybridized carbons (Fsp3) is 0.562. The summed E-state index contributed by atoms with van der Waals surface area (Å²) in [6.07, 6.45) is 4.02. The minimum atomic E-state index is 0. The second kappa shape index (κ2) is 9.34. The Morgan fingerprint density at radius 3 is 2.43 bits per heavy atom. The Kier molecular flexibility index (Phi) is 8.15. The van der Waals surface area contributed by atoms with E-state index in [9.17, 15) is 4.79 Å². The predicted molar refractivity (Wildman–Crippen MR) is 93.2 cm³/mol. The minimum Gasteiger partial charge on any atom is -0.349 e. The molecule has 2 rings (SSSR count).